The first-order valence-corrected chi connectivity index (χ1v) is 5.36. The maximum absolute atomic E-state index is 11.5. The van der Waals surface area contributed by atoms with Crippen molar-refractivity contribution in [1.82, 2.24) is 0 Å². The fraction of sp³-hybridized carbons (Fsp3) is 0.300. The van der Waals surface area contributed by atoms with Crippen LogP contribution in [0, 0.1) is 0 Å². The van der Waals surface area contributed by atoms with Gasteiger partial charge in [-0.15, -0.1) is 11.8 Å². The maximum atomic E-state index is 11.5. The van der Waals surface area contributed by atoms with E-state index in [1.54, 1.807) is 0 Å². The Kier molecular flexibility index (Phi) is 2.74. The van der Waals surface area contributed by atoms with Gasteiger partial charge in [0.05, 0.1) is 10.9 Å². The predicted molar refractivity (Wildman–Crippen MR) is 56.4 cm³/mol. The minimum absolute atomic E-state index is 0.0113. The number of anilines is 1. The number of aliphatic hydroxyl groups is 1. The monoisotopic (exact) mass is 209 g/mol. The molecular formula is C10H11NO2S. The second kappa shape index (κ2) is 4.02. The first-order valence-electron chi connectivity index (χ1n) is 4.48. The smallest absolute Gasteiger partial charge is 0.237 e. The first-order chi connectivity index (χ1) is 6.81. The SMILES string of the molecule is O=C1Nc2ccccc2S[C@@H]1CCO. The highest BCUT2D eigenvalue weighted by Crippen LogP contribution is 2.36. The third-order valence-electron chi connectivity index (χ3n) is 2.10. The summed E-state index contributed by atoms with van der Waals surface area (Å²) in [6.45, 7) is 0.0489. The van der Waals surface area contributed by atoms with E-state index in [0.29, 0.717) is 6.42 Å². The summed E-state index contributed by atoms with van der Waals surface area (Å²) in [4.78, 5) is 12.6. The molecule has 0 bridgehead atoms. The number of hydrogen-bond donors (Lipinski definition) is 2. The fourth-order valence-electron chi connectivity index (χ4n) is 1.40. The Balaban J connectivity index is 2.22. The lowest BCUT2D eigenvalue weighted by Gasteiger charge is -2.23. The minimum atomic E-state index is -0.158. The largest absolute Gasteiger partial charge is 0.396 e. The molecule has 0 unspecified atom stereocenters. The molecule has 1 aliphatic heterocycles. The fourth-order valence-corrected chi connectivity index (χ4v) is 2.50. The minimum Gasteiger partial charge on any atom is -0.396 e. The van der Waals surface area contributed by atoms with Crippen LogP contribution in [0.1, 0.15) is 6.42 Å². The van der Waals surface area contributed by atoms with Gasteiger partial charge in [0.2, 0.25) is 5.91 Å². The summed E-state index contributed by atoms with van der Waals surface area (Å²) in [5.74, 6) is -0.0113. The Bertz CT molecular complexity index is 354. The van der Waals surface area contributed by atoms with Crippen LogP contribution in [0.4, 0.5) is 5.69 Å². The van der Waals surface area contributed by atoms with Gasteiger partial charge in [0.25, 0.3) is 0 Å². The molecule has 4 heteroatoms. The summed E-state index contributed by atoms with van der Waals surface area (Å²) in [5.41, 5.74) is 0.872. The van der Waals surface area contributed by atoms with Crippen LogP contribution >= 0.6 is 11.8 Å². The van der Waals surface area contributed by atoms with Crippen molar-refractivity contribution in [2.75, 3.05) is 11.9 Å². The maximum Gasteiger partial charge on any atom is 0.237 e. The molecule has 2 N–H and O–H groups in total. The van der Waals surface area contributed by atoms with E-state index in [-0.39, 0.29) is 17.8 Å². The van der Waals surface area contributed by atoms with Gasteiger partial charge in [-0.1, -0.05) is 12.1 Å². The lowest BCUT2D eigenvalue weighted by molar-refractivity contribution is -0.116. The summed E-state index contributed by atoms with van der Waals surface area (Å²) in [6.07, 6.45) is 0.505. The van der Waals surface area contributed by atoms with E-state index >= 15 is 0 Å². The molecule has 1 amide bonds. The average molecular weight is 209 g/mol. The van der Waals surface area contributed by atoms with Gasteiger partial charge in [-0.3, -0.25) is 4.79 Å². The highest BCUT2D eigenvalue weighted by molar-refractivity contribution is 8.01. The number of carbonyl (C=O) groups excluding carboxylic acids is 1. The number of fused-ring (bicyclic) bond motifs is 1. The highest BCUT2D eigenvalue weighted by atomic mass is 32.2. The number of para-hydroxylation sites is 1. The standard InChI is InChI=1S/C10H11NO2S/c12-6-5-9-10(13)11-7-3-1-2-4-8(7)14-9/h1-4,9,12H,5-6H2,(H,11,13)/t9-/m1/s1. The number of rotatable bonds is 2. The van der Waals surface area contributed by atoms with Crippen LogP contribution in [0.25, 0.3) is 0 Å². The summed E-state index contributed by atoms with van der Waals surface area (Å²) < 4.78 is 0. The molecule has 1 aliphatic rings. The second-order valence-electron chi connectivity index (χ2n) is 3.10. The molecule has 0 fully saturated rings. The molecule has 0 aliphatic carbocycles. The molecule has 0 radical (unpaired) electrons. The molecule has 0 saturated heterocycles. The van der Waals surface area contributed by atoms with Crippen molar-refractivity contribution >= 4 is 23.4 Å². The molecule has 1 heterocycles. The third-order valence-corrected chi connectivity index (χ3v) is 3.44. The summed E-state index contributed by atoms with van der Waals surface area (Å²) in [7, 11) is 0. The van der Waals surface area contributed by atoms with Crippen molar-refractivity contribution in [3.05, 3.63) is 24.3 Å². The first kappa shape index (κ1) is 9.55. The van der Waals surface area contributed by atoms with E-state index < -0.39 is 0 Å². The Morgan fingerprint density at radius 3 is 3.00 bits per heavy atom. The number of aliphatic hydroxyl groups excluding tert-OH is 1. The lowest BCUT2D eigenvalue weighted by atomic mass is 10.2. The molecule has 0 aromatic heterocycles. The number of amides is 1. The summed E-state index contributed by atoms with van der Waals surface area (Å²) >= 11 is 1.52. The van der Waals surface area contributed by atoms with Crippen molar-refractivity contribution in [1.29, 1.82) is 0 Å². The van der Waals surface area contributed by atoms with E-state index in [4.69, 9.17) is 5.11 Å². The van der Waals surface area contributed by atoms with E-state index in [2.05, 4.69) is 5.32 Å². The number of carbonyl (C=O) groups is 1. The third kappa shape index (κ3) is 1.76. The predicted octanol–water partition coefficient (Wildman–Crippen LogP) is 1.48. The topological polar surface area (TPSA) is 49.3 Å². The van der Waals surface area contributed by atoms with Crippen LogP contribution in [0.2, 0.25) is 0 Å². The quantitative estimate of drug-likeness (QED) is 0.775. The van der Waals surface area contributed by atoms with Gasteiger partial charge in [0.1, 0.15) is 0 Å². The zero-order chi connectivity index (χ0) is 9.97. The van der Waals surface area contributed by atoms with Gasteiger partial charge in [-0.05, 0) is 18.6 Å². The van der Waals surface area contributed by atoms with E-state index in [1.807, 2.05) is 24.3 Å². The highest BCUT2D eigenvalue weighted by Gasteiger charge is 2.25. The van der Waals surface area contributed by atoms with Gasteiger partial charge in [-0.2, -0.15) is 0 Å². The Morgan fingerprint density at radius 1 is 1.43 bits per heavy atom. The van der Waals surface area contributed by atoms with Crippen molar-refractivity contribution in [2.45, 2.75) is 16.6 Å². The Morgan fingerprint density at radius 2 is 2.21 bits per heavy atom. The molecule has 1 aromatic carbocycles. The zero-order valence-electron chi connectivity index (χ0n) is 7.56. The number of benzene rings is 1. The normalized spacial score (nSPS) is 20.1. The number of thioether (sulfide) groups is 1. The number of hydrogen-bond acceptors (Lipinski definition) is 3. The Hall–Kier alpha value is -1.00. The van der Waals surface area contributed by atoms with Gasteiger partial charge in [0.15, 0.2) is 0 Å². The van der Waals surface area contributed by atoms with E-state index in [9.17, 15) is 4.79 Å². The van der Waals surface area contributed by atoms with Crippen LogP contribution in [-0.2, 0) is 4.79 Å². The van der Waals surface area contributed by atoms with E-state index in [0.717, 1.165) is 10.6 Å². The van der Waals surface area contributed by atoms with Crippen LogP contribution in [0.15, 0.2) is 29.2 Å². The molecule has 1 aromatic rings. The molecule has 14 heavy (non-hydrogen) atoms. The molecule has 0 spiro atoms. The van der Waals surface area contributed by atoms with Crippen molar-refractivity contribution < 1.29 is 9.90 Å². The van der Waals surface area contributed by atoms with Crippen LogP contribution < -0.4 is 5.32 Å². The van der Waals surface area contributed by atoms with Gasteiger partial charge in [-0.25, -0.2) is 0 Å². The molecule has 0 saturated carbocycles. The van der Waals surface area contributed by atoms with Crippen LogP contribution in [-0.4, -0.2) is 22.9 Å². The van der Waals surface area contributed by atoms with Gasteiger partial charge >= 0.3 is 0 Å². The molecule has 74 valence electrons. The summed E-state index contributed by atoms with van der Waals surface area (Å²) in [5, 5.41) is 11.5. The van der Waals surface area contributed by atoms with Crippen molar-refractivity contribution in [2.24, 2.45) is 0 Å². The number of nitrogens with one attached hydrogen (secondary N) is 1. The van der Waals surface area contributed by atoms with Gasteiger partial charge in [0, 0.05) is 11.5 Å². The van der Waals surface area contributed by atoms with Crippen LogP contribution in [0.3, 0.4) is 0 Å². The lowest BCUT2D eigenvalue weighted by Crippen LogP contribution is -2.29. The molecule has 3 nitrogen and oxygen atoms in total. The average Bonchev–Trinajstić information content (AvgIpc) is 2.19. The molecule has 1 atom stereocenters. The van der Waals surface area contributed by atoms with Crippen LogP contribution in [0.5, 0.6) is 0 Å². The summed E-state index contributed by atoms with van der Waals surface area (Å²) in [6, 6.07) is 7.70. The molecule has 2 rings (SSSR count). The van der Waals surface area contributed by atoms with Crippen molar-refractivity contribution in [3.8, 4) is 0 Å². The zero-order valence-corrected chi connectivity index (χ0v) is 8.38. The molecular weight excluding hydrogens is 198 g/mol. The second-order valence-corrected chi connectivity index (χ2v) is 4.35. The Labute approximate surface area is 86.5 Å². The van der Waals surface area contributed by atoms with E-state index in [1.165, 1.54) is 11.8 Å². The van der Waals surface area contributed by atoms with Gasteiger partial charge < -0.3 is 10.4 Å². The van der Waals surface area contributed by atoms with Crippen molar-refractivity contribution in [3.63, 3.8) is 0 Å².